The number of carbonyl (C=O) groups is 1. The van der Waals surface area contributed by atoms with Crippen molar-refractivity contribution in [2.24, 2.45) is 0 Å². The van der Waals surface area contributed by atoms with Crippen molar-refractivity contribution >= 4 is 11.5 Å². The molecule has 0 aliphatic rings. The lowest BCUT2D eigenvalue weighted by Gasteiger charge is -2.29. The monoisotopic (exact) mass is 454 g/mol. The van der Waals surface area contributed by atoms with Gasteiger partial charge in [0.15, 0.2) is 0 Å². The molecule has 0 aliphatic heterocycles. The zero-order valence-electron chi connectivity index (χ0n) is 22.5. The summed E-state index contributed by atoms with van der Waals surface area (Å²) in [6.07, 6.45) is 13.0. The molecule has 0 fully saturated rings. The van der Waals surface area contributed by atoms with Crippen molar-refractivity contribution in [2.75, 3.05) is 6.61 Å². The molecule has 0 spiro atoms. The molecule has 1 rings (SSSR count). The van der Waals surface area contributed by atoms with Crippen LogP contribution in [0.1, 0.15) is 111 Å². The Morgan fingerprint density at radius 2 is 1.61 bits per heavy atom. The minimum atomic E-state index is -0.930. The Bertz CT molecular complexity index is 871. The summed E-state index contributed by atoms with van der Waals surface area (Å²) in [7, 11) is 0. The molecule has 0 unspecified atom stereocenters. The molecule has 3 nitrogen and oxygen atoms in total. The third-order valence-corrected chi connectivity index (χ3v) is 5.74. The average molecular weight is 455 g/mol. The molecule has 1 N–H and O–H groups in total. The van der Waals surface area contributed by atoms with Gasteiger partial charge < -0.3 is 9.84 Å². The number of benzene rings is 1. The van der Waals surface area contributed by atoms with Crippen LogP contribution in [0.4, 0.5) is 0 Å². The van der Waals surface area contributed by atoms with Crippen molar-refractivity contribution in [2.45, 2.75) is 105 Å². The Balaban J connectivity index is 3.44. The van der Waals surface area contributed by atoms with E-state index in [0.29, 0.717) is 5.57 Å². The third-order valence-electron chi connectivity index (χ3n) is 5.74. The predicted octanol–water partition coefficient (Wildman–Crippen LogP) is 8.62. The molecule has 1 aromatic carbocycles. The van der Waals surface area contributed by atoms with Gasteiger partial charge in [-0.15, -0.1) is 0 Å². The molecular formula is C30H46O3. The summed E-state index contributed by atoms with van der Waals surface area (Å²) in [6.45, 7) is 20.3. The van der Waals surface area contributed by atoms with E-state index in [1.807, 2.05) is 18.2 Å². The van der Waals surface area contributed by atoms with Gasteiger partial charge in [-0.05, 0) is 53.9 Å². The van der Waals surface area contributed by atoms with Crippen LogP contribution in [0.3, 0.4) is 0 Å². The van der Waals surface area contributed by atoms with E-state index in [9.17, 15) is 4.79 Å². The molecule has 0 amide bonds. The van der Waals surface area contributed by atoms with Gasteiger partial charge in [0.2, 0.25) is 0 Å². The quantitative estimate of drug-likeness (QED) is 0.207. The lowest BCUT2D eigenvalue weighted by atomic mass is 9.78. The van der Waals surface area contributed by atoms with Gasteiger partial charge in [0.1, 0.15) is 5.75 Å². The van der Waals surface area contributed by atoms with Crippen molar-refractivity contribution in [1.82, 2.24) is 0 Å². The summed E-state index contributed by atoms with van der Waals surface area (Å²) in [5.74, 6) is 0.0473. The number of ether oxygens (including phenoxy) is 1. The fourth-order valence-corrected chi connectivity index (χ4v) is 3.62. The molecule has 0 radical (unpaired) electrons. The van der Waals surface area contributed by atoms with Gasteiger partial charge >= 0.3 is 5.97 Å². The molecular weight excluding hydrogens is 408 g/mol. The summed E-state index contributed by atoms with van der Waals surface area (Å²) < 4.78 is 6.49. The minimum Gasteiger partial charge on any atom is -0.493 e. The maximum Gasteiger partial charge on any atom is 0.328 e. The van der Waals surface area contributed by atoms with Crippen molar-refractivity contribution in [3.63, 3.8) is 0 Å². The number of aliphatic carboxylic acids is 1. The molecule has 0 bridgehead atoms. The zero-order chi connectivity index (χ0) is 25.2. The Morgan fingerprint density at radius 1 is 0.970 bits per heavy atom. The number of carboxylic acid groups (broad SMARTS) is 1. The highest BCUT2D eigenvalue weighted by atomic mass is 16.5. The van der Waals surface area contributed by atoms with E-state index in [-0.39, 0.29) is 10.8 Å². The van der Waals surface area contributed by atoms with E-state index in [2.05, 4.69) is 67.5 Å². The fraction of sp³-hybridized carbons (Fsp3) is 0.567. The second-order valence-electron chi connectivity index (χ2n) is 11.1. The molecule has 1 aromatic rings. The molecule has 0 atom stereocenters. The lowest BCUT2D eigenvalue weighted by molar-refractivity contribution is -0.131. The second-order valence-corrected chi connectivity index (χ2v) is 11.1. The largest absolute Gasteiger partial charge is 0.493 e. The number of hydrogen-bond donors (Lipinski definition) is 1. The lowest BCUT2D eigenvalue weighted by Crippen LogP contribution is -2.19. The highest BCUT2D eigenvalue weighted by molar-refractivity contribution is 5.81. The molecule has 0 saturated carbocycles. The topological polar surface area (TPSA) is 46.5 Å². The van der Waals surface area contributed by atoms with Crippen LogP contribution in [0, 0.1) is 0 Å². The number of rotatable bonds is 11. The summed E-state index contributed by atoms with van der Waals surface area (Å²) in [6, 6.07) is 4.58. The first-order chi connectivity index (χ1) is 15.3. The van der Waals surface area contributed by atoms with E-state index >= 15 is 0 Å². The van der Waals surface area contributed by atoms with Crippen LogP contribution in [-0.2, 0) is 15.6 Å². The van der Waals surface area contributed by atoms with E-state index in [1.54, 1.807) is 6.92 Å². The van der Waals surface area contributed by atoms with Crippen molar-refractivity contribution in [3.8, 4) is 5.75 Å². The minimum absolute atomic E-state index is 0.0182. The molecule has 3 heteroatoms. The smallest absolute Gasteiger partial charge is 0.328 e. The molecule has 184 valence electrons. The van der Waals surface area contributed by atoms with Crippen LogP contribution >= 0.6 is 0 Å². The summed E-state index contributed by atoms with van der Waals surface area (Å²) in [5, 5.41) is 8.93. The summed E-state index contributed by atoms with van der Waals surface area (Å²) >= 11 is 0. The summed E-state index contributed by atoms with van der Waals surface area (Å²) in [4.78, 5) is 10.9. The van der Waals surface area contributed by atoms with Gasteiger partial charge in [-0.1, -0.05) is 98.4 Å². The number of hydrogen-bond acceptors (Lipinski definition) is 2. The molecule has 0 aromatic heterocycles. The standard InChI is InChI=1S/C30H46O3/c1-10-11-12-13-14-18-33-28-25(23(3)17-15-16-22(2)19-27(31)32)20-24(29(4,5)6)21-26(28)30(7,8)9/h15-17,19-21H,10-14,18H2,1-9H3,(H,31,32)/b16-15+,22-19+,23-17+. The van der Waals surface area contributed by atoms with Gasteiger partial charge in [0.25, 0.3) is 0 Å². The van der Waals surface area contributed by atoms with Gasteiger partial charge in [0, 0.05) is 17.2 Å². The maximum atomic E-state index is 10.9. The summed E-state index contributed by atoms with van der Waals surface area (Å²) in [5.41, 5.74) is 5.41. The van der Waals surface area contributed by atoms with E-state index < -0.39 is 5.97 Å². The molecule has 33 heavy (non-hydrogen) atoms. The van der Waals surface area contributed by atoms with Gasteiger partial charge in [-0.2, -0.15) is 0 Å². The SMILES string of the molecule is CCCCCCCOc1c(/C(C)=C/C=C/C(C)=C/C(=O)O)cc(C(C)(C)C)cc1C(C)(C)C. The number of carboxylic acids is 1. The van der Waals surface area contributed by atoms with E-state index in [0.717, 1.165) is 29.9 Å². The van der Waals surface area contributed by atoms with E-state index in [1.165, 1.54) is 42.9 Å². The van der Waals surface area contributed by atoms with Crippen molar-refractivity contribution in [3.05, 3.63) is 58.7 Å². The highest BCUT2D eigenvalue weighted by Gasteiger charge is 2.26. The highest BCUT2D eigenvalue weighted by Crippen LogP contribution is 2.41. The molecule has 0 saturated heterocycles. The Morgan fingerprint density at radius 3 is 2.15 bits per heavy atom. The van der Waals surface area contributed by atoms with Gasteiger partial charge in [0.05, 0.1) is 6.61 Å². The van der Waals surface area contributed by atoms with Crippen molar-refractivity contribution in [1.29, 1.82) is 0 Å². The Labute approximate surface area is 202 Å². The van der Waals surface area contributed by atoms with Crippen molar-refractivity contribution < 1.29 is 14.6 Å². The first-order valence-electron chi connectivity index (χ1n) is 12.4. The second kappa shape index (κ2) is 12.8. The van der Waals surface area contributed by atoms with E-state index in [4.69, 9.17) is 9.84 Å². The Hall–Kier alpha value is -2.29. The fourth-order valence-electron chi connectivity index (χ4n) is 3.62. The number of unbranched alkanes of at least 4 members (excludes halogenated alkanes) is 4. The first kappa shape index (κ1) is 28.7. The first-order valence-corrected chi connectivity index (χ1v) is 12.4. The van der Waals surface area contributed by atoms with Gasteiger partial charge in [-0.25, -0.2) is 4.79 Å². The normalized spacial score (nSPS) is 13.6. The average Bonchev–Trinajstić information content (AvgIpc) is 2.68. The number of allylic oxidation sites excluding steroid dienone is 5. The third kappa shape index (κ3) is 10.0. The van der Waals surface area contributed by atoms with Crippen LogP contribution in [-0.4, -0.2) is 17.7 Å². The van der Waals surface area contributed by atoms with Crippen LogP contribution in [0.2, 0.25) is 0 Å². The van der Waals surface area contributed by atoms with Crippen LogP contribution < -0.4 is 4.74 Å². The van der Waals surface area contributed by atoms with Crippen LogP contribution in [0.25, 0.3) is 5.57 Å². The zero-order valence-corrected chi connectivity index (χ0v) is 22.5. The van der Waals surface area contributed by atoms with Crippen LogP contribution in [0.15, 0.2) is 42.0 Å². The molecule has 0 heterocycles. The predicted molar refractivity (Wildman–Crippen MR) is 142 cm³/mol. The maximum absolute atomic E-state index is 10.9. The Kier molecular flexibility index (Phi) is 11.2. The van der Waals surface area contributed by atoms with Crippen LogP contribution in [0.5, 0.6) is 5.75 Å². The molecule has 0 aliphatic carbocycles. The van der Waals surface area contributed by atoms with Gasteiger partial charge in [-0.3, -0.25) is 0 Å².